The van der Waals surface area contributed by atoms with Crippen LogP contribution < -0.4 is 0 Å². The van der Waals surface area contributed by atoms with Crippen LogP contribution in [-0.2, 0) is 12.7 Å². The van der Waals surface area contributed by atoms with Gasteiger partial charge in [-0.15, -0.1) is 0 Å². The fourth-order valence-corrected chi connectivity index (χ4v) is 0. The SMILES string of the molecule is O=[Si]=O.[AlH3].[O]=[AlH]. The second-order valence-electron chi connectivity index (χ2n) is 0.0833. The van der Waals surface area contributed by atoms with E-state index in [1.807, 2.05) is 0 Å². The third-order valence-electron chi connectivity index (χ3n) is 0. The third kappa shape index (κ3) is 137. The molecule has 0 aromatic rings. The van der Waals surface area contributed by atoms with Gasteiger partial charge in [-0.05, 0) is 0 Å². The molecular formula is H4Al2O3Si. The summed E-state index contributed by atoms with van der Waals surface area (Å²) >= 11 is 0.611. The van der Waals surface area contributed by atoms with Gasteiger partial charge in [-0.1, -0.05) is 0 Å². The van der Waals surface area contributed by atoms with Gasteiger partial charge < -0.3 is 0 Å². The quantitative estimate of drug-likeness (QED) is 0.342. The van der Waals surface area contributed by atoms with Gasteiger partial charge in [0.15, 0.2) is 17.4 Å². The van der Waals surface area contributed by atoms with Gasteiger partial charge in [-0.25, -0.2) is 0 Å². The molecule has 0 unspecified atom stereocenters. The van der Waals surface area contributed by atoms with E-state index < -0.39 is 9.29 Å². The summed E-state index contributed by atoms with van der Waals surface area (Å²) in [6.45, 7) is 0. The van der Waals surface area contributed by atoms with Crippen LogP contribution in [0.2, 0.25) is 0 Å². The molecule has 0 rings (SSSR count). The molecule has 6 heteroatoms. The molecule has 32 valence electrons. The van der Waals surface area contributed by atoms with E-state index in [1.54, 1.807) is 0 Å². The second-order valence-corrected chi connectivity index (χ2v) is 0.250. The van der Waals surface area contributed by atoms with Crippen LogP contribution in [0.3, 0.4) is 0 Å². The topological polar surface area (TPSA) is 51.2 Å². The molecule has 0 N–H and O–H groups in total. The minimum atomic E-state index is -1.42. The van der Waals surface area contributed by atoms with E-state index in [4.69, 9.17) is 12.7 Å². The van der Waals surface area contributed by atoms with Crippen molar-refractivity contribution in [3.8, 4) is 0 Å². The average molecular weight is 134 g/mol. The normalized spacial score (nSPS) is 1.83. The van der Waals surface area contributed by atoms with Crippen LogP contribution in [0.4, 0.5) is 0 Å². The molecule has 0 saturated carbocycles. The van der Waals surface area contributed by atoms with Gasteiger partial charge in [-0.3, -0.25) is 8.92 Å². The molecule has 0 bridgehead atoms. The zero-order valence-corrected chi connectivity index (χ0v) is 4.85. The van der Waals surface area contributed by atoms with Crippen LogP contribution in [0.5, 0.6) is 0 Å². The molecular weight excluding hydrogens is 130 g/mol. The molecule has 0 aliphatic heterocycles. The van der Waals surface area contributed by atoms with Crippen molar-refractivity contribution in [2.45, 2.75) is 0 Å². The van der Waals surface area contributed by atoms with E-state index in [9.17, 15) is 0 Å². The molecule has 0 aliphatic rings. The van der Waals surface area contributed by atoms with Crippen LogP contribution >= 0.6 is 0 Å². The Morgan fingerprint density at radius 3 is 1.17 bits per heavy atom. The summed E-state index contributed by atoms with van der Waals surface area (Å²) in [6.07, 6.45) is 0. The molecule has 6 heavy (non-hydrogen) atoms. The summed E-state index contributed by atoms with van der Waals surface area (Å²) in [6, 6.07) is 0. The molecule has 3 nitrogen and oxygen atoms in total. The number of rotatable bonds is 0. The number of hydrogen-bond donors (Lipinski definition) is 0. The molecule has 0 atom stereocenters. The molecule has 0 aromatic carbocycles. The Morgan fingerprint density at radius 2 is 1.17 bits per heavy atom. The van der Waals surface area contributed by atoms with Crippen LogP contribution in [0.1, 0.15) is 0 Å². The van der Waals surface area contributed by atoms with E-state index in [1.165, 1.54) is 0 Å². The Kier molecular flexibility index (Phi) is 117. The van der Waals surface area contributed by atoms with Crippen LogP contribution in [-0.4, -0.2) is 42.9 Å². The first-order chi connectivity index (χ1) is 2.41. The maximum absolute atomic E-state index is 8.40. The predicted molar refractivity (Wildman–Crippen MR) is 24.9 cm³/mol. The van der Waals surface area contributed by atoms with E-state index in [0.29, 0.717) is 16.2 Å². The second kappa shape index (κ2) is 44.0. The van der Waals surface area contributed by atoms with Gasteiger partial charge in [-0.2, -0.15) is 0 Å². The third-order valence-corrected chi connectivity index (χ3v) is 0. The van der Waals surface area contributed by atoms with Gasteiger partial charge in [0.1, 0.15) is 0 Å². The summed E-state index contributed by atoms with van der Waals surface area (Å²) in [5, 5.41) is 0. The van der Waals surface area contributed by atoms with Crippen molar-refractivity contribution in [3.05, 3.63) is 0 Å². The maximum atomic E-state index is 8.40. The van der Waals surface area contributed by atoms with Crippen molar-refractivity contribution in [3.63, 3.8) is 0 Å². The zero-order chi connectivity index (χ0) is 4.71. The van der Waals surface area contributed by atoms with Gasteiger partial charge in [0.05, 0.1) is 0 Å². The summed E-state index contributed by atoms with van der Waals surface area (Å²) in [5.41, 5.74) is 0. The molecule has 0 aliphatic carbocycles. The minimum absolute atomic E-state index is 0. The van der Waals surface area contributed by atoms with Crippen LogP contribution in [0.15, 0.2) is 0 Å². The average Bonchev–Trinajstić information content (AvgIpc) is 1.46. The molecule has 0 spiro atoms. The monoisotopic (exact) mass is 134 g/mol. The molecule has 0 amide bonds. The summed E-state index contributed by atoms with van der Waals surface area (Å²) < 4.78 is 25.1. The summed E-state index contributed by atoms with van der Waals surface area (Å²) in [5.74, 6) is 0. The van der Waals surface area contributed by atoms with E-state index in [-0.39, 0.29) is 17.4 Å². The first kappa shape index (κ1) is 15.9. The van der Waals surface area contributed by atoms with Crippen molar-refractivity contribution in [2.75, 3.05) is 0 Å². The van der Waals surface area contributed by atoms with Crippen molar-refractivity contribution >= 4 is 42.9 Å². The Labute approximate surface area is 55.8 Å². The molecule has 0 saturated heterocycles. The number of hydrogen-bond acceptors (Lipinski definition) is 3. The van der Waals surface area contributed by atoms with Gasteiger partial charge in [0, 0.05) is 0 Å². The zero-order valence-electron chi connectivity index (χ0n) is 2.43. The standard InChI is InChI=1S/2Al.O2Si.O.4H/c;;1-3-2;;;;;. The molecule has 0 radical (unpaired) electrons. The van der Waals surface area contributed by atoms with E-state index >= 15 is 0 Å². The van der Waals surface area contributed by atoms with Gasteiger partial charge in [0.25, 0.3) is 0 Å². The Hall–Kier alpha value is 0.682. The van der Waals surface area contributed by atoms with Crippen molar-refractivity contribution < 1.29 is 12.7 Å². The van der Waals surface area contributed by atoms with Crippen LogP contribution in [0, 0.1) is 0 Å². The summed E-state index contributed by atoms with van der Waals surface area (Å²) in [7, 11) is -1.42. The van der Waals surface area contributed by atoms with E-state index in [0.717, 1.165) is 0 Å². The Balaban J connectivity index is -0.0000000275. The van der Waals surface area contributed by atoms with Crippen molar-refractivity contribution in [1.82, 2.24) is 0 Å². The predicted octanol–water partition coefficient (Wildman–Crippen LogP) is -2.57. The summed E-state index contributed by atoms with van der Waals surface area (Å²) in [4.78, 5) is 0. The van der Waals surface area contributed by atoms with Crippen LogP contribution in [0.25, 0.3) is 0 Å². The Morgan fingerprint density at radius 1 is 1.17 bits per heavy atom. The molecule has 0 heterocycles. The first-order valence-corrected chi connectivity index (χ1v) is 2.09. The fraction of sp³-hybridized carbons (Fsp3) is 0. The fourth-order valence-electron chi connectivity index (χ4n) is 0. The molecule has 0 aromatic heterocycles. The van der Waals surface area contributed by atoms with Gasteiger partial charge >= 0.3 is 29.3 Å². The van der Waals surface area contributed by atoms with Gasteiger partial charge in [0.2, 0.25) is 0 Å². The first-order valence-electron chi connectivity index (χ1n) is 0.697. The van der Waals surface area contributed by atoms with Crippen molar-refractivity contribution in [2.24, 2.45) is 0 Å². The Bertz CT molecular complexity index is 38.1. The van der Waals surface area contributed by atoms with E-state index in [2.05, 4.69) is 0 Å². The molecule has 0 fully saturated rings. The van der Waals surface area contributed by atoms with Crippen molar-refractivity contribution in [1.29, 1.82) is 0 Å².